The summed E-state index contributed by atoms with van der Waals surface area (Å²) in [6.45, 7) is 5.50. The quantitative estimate of drug-likeness (QED) is 0.762. The zero-order chi connectivity index (χ0) is 11.4. The highest BCUT2D eigenvalue weighted by Gasteiger charge is 2.05. The first-order chi connectivity index (χ1) is 7.00. The van der Waals surface area contributed by atoms with E-state index in [1.807, 2.05) is 38.1 Å². The van der Waals surface area contributed by atoms with Crippen molar-refractivity contribution in [3.05, 3.63) is 24.3 Å². The van der Waals surface area contributed by atoms with Crippen LogP contribution in [-0.2, 0) is 4.79 Å². The van der Waals surface area contributed by atoms with Gasteiger partial charge >= 0.3 is 0 Å². The summed E-state index contributed by atoms with van der Waals surface area (Å²) in [6, 6.07) is 7.49. The van der Waals surface area contributed by atoms with Crippen molar-refractivity contribution in [2.75, 3.05) is 11.9 Å². The van der Waals surface area contributed by atoms with E-state index in [1.54, 1.807) is 18.9 Å². The first-order valence-electron chi connectivity index (χ1n) is 5.01. The highest BCUT2D eigenvalue weighted by atomic mass is 16.5. The van der Waals surface area contributed by atoms with Gasteiger partial charge in [0.25, 0.3) is 0 Å². The summed E-state index contributed by atoms with van der Waals surface area (Å²) in [7, 11) is 1.75. The van der Waals surface area contributed by atoms with Crippen LogP contribution < -0.4 is 9.64 Å². The number of benzene rings is 1. The van der Waals surface area contributed by atoms with Crippen LogP contribution in [0.1, 0.15) is 20.8 Å². The average molecular weight is 207 g/mol. The molecule has 1 aromatic carbocycles. The van der Waals surface area contributed by atoms with E-state index in [-0.39, 0.29) is 12.0 Å². The summed E-state index contributed by atoms with van der Waals surface area (Å²) in [5.41, 5.74) is 0.874. The van der Waals surface area contributed by atoms with Crippen molar-refractivity contribution in [3.63, 3.8) is 0 Å². The van der Waals surface area contributed by atoms with Gasteiger partial charge in [0.1, 0.15) is 5.75 Å². The number of carbonyl (C=O) groups excluding carboxylic acids is 1. The van der Waals surface area contributed by atoms with E-state index in [0.29, 0.717) is 0 Å². The third-order valence-corrected chi connectivity index (χ3v) is 2.07. The van der Waals surface area contributed by atoms with Gasteiger partial charge in [0, 0.05) is 19.7 Å². The van der Waals surface area contributed by atoms with E-state index in [2.05, 4.69) is 0 Å². The molecule has 0 radical (unpaired) electrons. The molecule has 0 fully saturated rings. The van der Waals surface area contributed by atoms with E-state index < -0.39 is 0 Å². The van der Waals surface area contributed by atoms with E-state index >= 15 is 0 Å². The molecule has 0 unspecified atom stereocenters. The summed E-state index contributed by atoms with van der Waals surface area (Å²) in [5, 5.41) is 0. The first-order valence-corrected chi connectivity index (χ1v) is 5.01. The number of rotatable bonds is 3. The van der Waals surface area contributed by atoms with Gasteiger partial charge in [-0.1, -0.05) is 0 Å². The van der Waals surface area contributed by atoms with Gasteiger partial charge < -0.3 is 9.64 Å². The molecule has 0 aliphatic heterocycles. The molecule has 0 N–H and O–H groups in total. The van der Waals surface area contributed by atoms with Crippen LogP contribution in [0.15, 0.2) is 24.3 Å². The minimum Gasteiger partial charge on any atom is -0.491 e. The van der Waals surface area contributed by atoms with Crippen molar-refractivity contribution < 1.29 is 9.53 Å². The van der Waals surface area contributed by atoms with Crippen molar-refractivity contribution in [2.24, 2.45) is 0 Å². The van der Waals surface area contributed by atoms with Gasteiger partial charge in [-0.3, -0.25) is 4.79 Å². The fourth-order valence-electron chi connectivity index (χ4n) is 1.20. The Labute approximate surface area is 90.7 Å². The van der Waals surface area contributed by atoms with Gasteiger partial charge in [0.2, 0.25) is 5.91 Å². The molecule has 3 heteroatoms. The topological polar surface area (TPSA) is 29.5 Å². The number of amides is 1. The lowest BCUT2D eigenvalue weighted by molar-refractivity contribution is -0.116. The third kappa shape index (κ3) is 3.27. The SMILES string of the molecule is CC(=O)N(C)c1ccc(OC(C)C)cc1. The van der Waals surface area contributed by atoms with Gasteiger partial charge in [-0.15, -0.1) is 0 Å². The van der Waals surface area contributed by atoms with Gasteiger partial charge in [-0.2, -0.15) is 0 Å². The largest absolute Gasteiger partial charge is 0.491 e. The summed E-state index contributed by atoms with van der Waals surface area (Å²) in [5.74, 6) is 0.846. The Balaban J connectivity index is 2.76. The summed E-state index contributed by atoms with van der Waals surface area (Å²) in [6.07, 6.45) is 0.168. The fraction of sp³-hybridized carbons (Fsp3) is 0.417. The molecule has 0 spiro atoms. The molecule has 1 rings (SSSR count). The molecule has 15 heavy (non-hydrogen) atoms. The fourth-order valence-corrected chi connectivity index (χ4v) is 1.20. The van der Waals surface area contributed by atoms with Gasteiger partial charge in [-0.25, -0.2) is 0 Å². The second-order valence-electron chi connectivity index (χ2n) is 3.74. The van der Waals surface area contributed by atoms with E-state index in [1.165, 1.54) is 0 Å². The van der Waals surface area contributed by atoms with Crippen molar-refractivity contribution in [2.45, 2.75) is 26.9 Å². The lowest BCUT2D eigenvalue weighted by Gasteiger charge is -2.16. The minimum atomic E-state index is 0.0209. The lowest BCUT2D eigenvalue weighted by Crippen LogP contribution is -2.22. The number of carbonyl (C=O) groups is 1. The van der Waals surface area contributed by atoms with Gasteiger partial charge in [-0.05, 0) is 38.1 Å². The zero-order valence-electron chi connectivity index (χ0n) is 9.65. The van der Waals surface area contributed by atoms with Crippen LogP contribution in [0.25, 0.3) is 0 Å². The predicted molar refractivity (Wildman–Crippen MR) is 61.3 cm³/mol. The molecular weight excluding hydrogens is 190 g/mol. The number of anilines is 1. The number of hydrogen-bond acceptors (Lipinski definition) is 2. The molecular formula is C12H17NO2. The Kier molecular flexibility index (Phi) is 3.72. The zero-order valence-corrected chi connectivity index (χ0v) is 9.65. The molecule has 0 saturated carbocycles. The van der Waals surface area contributed by atoms with Crippen LogP contribution in [0.4, 0.5) is 5.69 Å². The van der Waals surface area contributed by atoms with E-state index in [4.69, 9.17) is 4.74 Å². The van der Waals surface area contributed by atoms with E-state index in [9.17, 15) is 4.79 Å². The molecule has 82 valence electrons. The number of ether oxygens (including phenoxy) is 1. The Morgan fingerprint density at radius 1 is 1.27 bits per heavy atom. The molecule has 0 heterocycles. The van der Waals surface area contributed by atoms with Crippen LogP contribution in [0.3, 0.4) is 0 Å². The van der Waals surface area contributed by atoms with Crippen LogP contribution >= 0.6 is 0 Å². The summed E-state index contributed by atoms with van der Waals surface area (Å²) >= 11 is 0. The maximum Gasteiger partial charge on any atom is 0.223 e. The normalized spacial score (nSPS) is 10.2. The van der Waals surface area contributed by atoms with Crippen molar-refractivity contribution in [1.82, 2.24) is 0 Å². The van der Waals surface area contributed by atoms with Crippen molar-refractivity contribution in [1.29, 1.82) is 0 Å². The summed E-state index contributed by atoms with van der Waals surface area (Å²) < 4.78 is 5.51. The molecule has 1 amide bonds. The standard InChI is InChI=1S/C12H17NO2/c1-9(2)15-12-7-5-11(6-8-12)13(4)10(3)14/h5-9H,1-4H3. The van der Waals surface area contributed by atoms with Gasteiger partial charge in [0.15, 0.2) is 0 Å². The highest BCUT2D eigenvalue weighted by Crippen LogP contribution is 2.19. The molecule has 0 aliphatic carbocycles. The second-order valence-corrected chi connectivity index (χ2v) is 3.74. The van der Waals surface area contributed by atoms with Gasteiger partial charge in [0.05, 0.1) is 6.10 Å². The summed E-state index contributed by atoms with van der Waals surface area (Å²) in [4.78, 5) is 12.7. The monoisotopic (exact) mass is 207 g/mol. The Bertz CT molecular complexity index is 330. The molecule has 0 aromatic heterocycles. The molecule has 0 saturated heterocycles. The maximum absolute atomic E-state index is 11.1. The number of hydrogen-bond donors (Lipinski definition) is 0. The lowest BCUT2D eigenvalue weighted by atomic mass is 10.3. The highest BCUT2D eigenvalue weighted by molar-refractivity contribution is 5.90. The Morgan fingerprint density at radius 2 is 1.80 bits per heavy atom. The molecule has 1 aromatic rings. The van der Waals surface area contributed by atoms with Crippen LogP contribution in [0.5, 0.6) is 5.75 Å². The van der Waals surface area contributed by atoms with Crippen LogP contribution in [-0.4, -0.2) is 19.1 Å². The van der Waals surface area contributed by atoms with Crippen molar-refractivity contribution >= 4 is 11.6 Å². The molecule has 3 nitrogen and oxygen atoms in total. The smallest absolute Gasteiger partial charge is 0.223 e. The number of nitrogens with zero attached hydrogens (tertiary/aromatic N) is 1. The molecule has 0 bridgehead atoms. The average Bonchev–Trinajstić information content (AvgIpc) is 2.17. The molecule has 0 aliphatic rings. The Hall–Kier alpha value is -1.51. The molecule has 0 atom stereocenters. The maximum atomic E-state index is 11.1. The predicted octanol–water partition coefficient (Wildman–Crippen LogP) is 2.46. The third-order valence-electron chi connectivity index (χ3n) is 2.07. The first kappa shape index (κ1) is 11.6. The van der Waals surface area contributed by atoms with Crippen molar-refractivity contribution in [3.8, 4) is 5.75 Å². The van der Waals surface area contributed by atoms with E-state index in [0.717, 1.165) is 11.4 Å². The Morgan fingerprint density at radius 3 is 2.20 bits per heavy atom. The van der Waals surface area contributed by atoms with Crippen LogP contribution in [0.2, 0.25) is 0 Å². The second kappa shape index (κ2) is 4.82. The minimum absolute atomic E-state index is 0.0209. The van der Waals surface area contributed by atoms with Crippen LogP contribution in [0, 0.1) is 0 Å².